The molecule has 1 aromatic heterocycles. The summed E-state index contributed by atoms with van der Waals surface area (Å²) in [6.07, 6.45) is -5.36. The Morgan fingerprint density at radius 2 is 1.69 bits per heavy atom. The van der Waals surface area contributed by atoms with Gasteiger partial charge < -0.3 is 39.1 Å². The van der Waals surface area contributed by atoms with Gasteiger partial charge in [-0.1, -0.05) is 20.8 Å². The maximum Gasteiger partial charge on any atom is 0.309 e. The van der Waals surface area contributed by atoms with Gasteiger partial charge in [-0.3, -0.25) is 14.4 Å². The van der Waals surface area contributed by atoms with Crippen LogP contribution in [-0.4, -0.2) is 82.4 Å². The molecule has 0 bridgehead atoms. The molecule has 0 amide bonds. The number of aliphatic hydroxyl groups excluding tert-OH is 4. The summed E-state index contributed by atoms with van der Waals surface area (Å²) < 4.78 is 21.3. The van der Waals surface area contributed by atoms with E-state index >= 15 is 0 Å². The van der Waals surface area contributed by atoms with Gasteiger partial charge in [0.2, 0.25) is 0 Å². The molecule has 1 saturated carbocycles. The minimum atomic E-state index is -2.10. The predicted molar refractivity (Wildman–Crippen MR) is 134 cm³/mol. The van der Waals surface area contributed by atoms with E-state index in [0.29, 0.717) is 5.56 Å². The van der Waals surface area contributed by atoms with Crippen molar-refractivity contribution in [3.8, 4) is 0 Å². The molecule has 39 heavy (non-hydrogen) atoms. The van der Waals surface area contributed by atoms with Crippen molar-refractivity contribution in [1.82, 2.24) is 0 Å². The van der Waals surface area contributed by atoms with E-state index in [9.17, 15) is 34.8 Å². The topological polar surface area (TPSA) is 173 Å². The van der Waals surface area contributed by atoms with Gasteiger partial charge in [0.05, 0.1) is 50.8 Å². The van der Waals surface area contributed by atoms with Crippen molar-refractivity contribution in [2.24, 2.45) is 22.2 Å². The number of methoxy groups -OCH3 is 2. The minimum absolute atomic E-state index is 0.197. The molecule has 9 atom stereocenters. The highest BCUT2D eigenvalue weighted by Gasteiger charge is 2.78. The second kappa shape index (κ2) is 9.52. The summed E-state index contributed by atoms with van der Waals surface area (Å²) in [5, 5.41) is 45.9. The van der Waals surface area contributed by atoms with Crippen molar-refractivity contribution in [3.05, 3.63) is 35.3 Å². The Balaban J connectivity index is 1.94. The summed E-state index contributed by atoms with van der Waals surface area (Å²) in [6.45, 7) is 7.92. The zero-order valence-electron chi connectivity index (χ0n) is 23.3. The van der Waals surface area contributed by atoms with Crippen LogP contribution in [0.4, 0.5) is 0 Å². The fourth-order valence-electron chi connectivity index (χ4n) is 7.49. The lowest BCUT2D eigenvalue weighted by molar-refractivity contribution is -0.225. The highest BCUT2D eigenvalue weighted by atomic mass is 16.6. The number of hydrogen-bond donors (Lipinski definition) is 4. The lowest BCUT2D eigenvalue weighted by Crippen LogP contribution is -2.65. The van der Waals surface area contributed by atoms with Crippen LogP contribution in [0.2, 0.25) is 0 Å². The standard InChI is InChI=1S/C28H38O11/c1-13-15(10-17(29)36-6)26(4,20(32)14-8-9-38-12-14)23(34)28(13)24(35)27(5)16(11-18(30)37-7)25(2,3)21(33)19(31)22(27)39-28/h8-9,12,16,19-23,31-34H,10-11H2,1-7H3/t16-,19-,20+,21+,22-,23-,26+,27+,28+/m0/s1. The van der Waals surface area contributed by atoms with Gasteiger partial charge in [-0.2, -0.15) is 0 Å². The van der Waals surface area contributed by atoms with Crippen LogP contribution in [0.5, 0.6) is 0 Å². The maximum atomic E-state index is 14.7. The molecule has 4 N–H and O–H groups in total. The zero-order valence-corrected chi connectivity index (χ0v) is 23.3. The molecule has 0 unspecified atom stereocenters. The van der Waals surface area contributed by atoms with Gasteiger partial charge in [-0.25, -0.2) is 0 Å². The Morgan fingerprint density at radius 3 is 2.23 bits per heavy atom. The van der Waals surface area contributed by atoms with E-state index in [-0.39, 0.29) is 24.0 Å². The predicted octanol–water partition coefficient (Wildman–Crippen LogP) is 1.23. The SMILES string of the molecule is COC(=O)CC1=C(C)[C@@]2(O[C@H]3[C@@H](O)[C@@H](O)C(C)(C)[C@H](CC(=O)OC)[C@@]3(C)C2=O)[C@@H](O)[C@@]1(C)[C@H](O)c1ccoc1. The van der Waals surface area contributed by atoms with Gasteiger partial charge in [0, 0.05) is 17.4 Å². The molecular formula is C28H38O11. The van der Waals surface area contributed by atoms with E-state index in [2.05, 4.69) is 0 Å². The third kappa shape index (κ3) is 3.70. The van der Waals surface area contributed by atoms with Crippen molar-refractivity contribution >= 4 is 17.7 Å². The van der Waals surface area contributed by atoms with E-state index in [4.69, 9.17) is 18.6 Å². The van der Waals surface area contributed by atoms with Gasteiger partial charge in [0.15, 0.2) is 11.4 Å². The lowest BCUT2D eigenvalue weighted by Gasteiger charge is -2.54. The molecule has 1 saturated heterocycles. The summed E-state index contributed by atoms with van der Waals surface area (Å²) in [4.78, 5) is 39.8. The average Bonchev–Trinajstić information content (AvgIpc) is 3.56. The molecule has 11 heteroatoms. The molecule has 2 fully saturated rings. The number of ketones is 1. The van der Waals surface area contributed by atoms with E-state index in [1.54, 1.807) is 20.8 Å². The number of carbonyl (C=O) groups is 3. The van der Waals surface area contributed by atoms with Crippen LogP contribution in [0.25, 0.3) is 0 Å². The Labute approximate surface area is 226 Å². The van der Waals surface area contributed by atoms with E-state index in [1.807, 2.05) is 0 Å². The van der Waals surface area contributed by atoms with Gasteiger partial charge in [-0.15, -0.1) is 0 Å². The number of ether oxygens (including phenoxy) is 3. The Morgan fingerprint density at radius 1 is 1.08 bits per heavy atom. The third-order valence-electron chi connectivity index (χ3n) is 9.94. The summed E-state index contributed by atoms with van der Waals surface area (Å²) in [5.74, 6) is -2.75. The monoisotopic (exact) mass is 550 g/mol. The second-order valence-corrected chi connectivity index (χ2v) is 12.0. The quantitative estimate of drug-likeness (QED) is 0.296. The molecule has 0 radical (unpaired) electrons. The highest BCUT2D eigenvalue weighted by molar-refractivity contribution is 6.01. The largest absolute Gasteiger partial charge is 0.472 e. The van der Waals surface area contributed by atoms with Crippen molar-refractivity contribution in [3.63, 3.8) is 0 Å². The van der Waals surface area contributed by atoms with Crippen LogP contribution >= 0.6 is 0 Å². The summed E-state index contributed by atoms with van der Waals surface area (Å²) in [6, 6.07) is 1.51. The number of fused-ring (bicyclic) bond motifs is 1. The normalized spacial score (nSPS) is 40.1. The summed E-state index contributed by atoms with van der Waals surface area (Å²) in [5.41, 5.74) is -5.69. The van der Waals surface area contributed by atoms with E-state index in [0.717, 1.165) is 0 Å². The van der Waals surface area contributed by atoms with Gasteiger partial charge in [0.25, 0.3) is 0 Å². The highest BCUT2D eigenvalue weighted by Crippen LogP contribution is 2.66. The number of rotatable bonds is 6. The first-order valence-corrected chi connectivity index (χ1v) is 12.9. The molecule has 1 spiro atoms. The molecule has 11 nitrogen and oxygen atoms in total. The lowest BCUT2D eigenvalue weighted by atomic mass is 9.50. The van der Waals surface area contributed by atoms with Crippen LogP contribution < -0.4 is 0 Å². The second-order valence-electron chi connectivity index (χ2n) is 12.0. The first-order valence-electron chi connectivity index (χ1n) is 12.9. The molecule has 4 rings (SSSR count). The molecular weight excluding hydrogens is 512 g/mol. The minimum Gasteiger partial charge on any atom is -0.472 e. The first-order chi connectivity index (χ1) is 18.1. The van der Waals surface area contributed by atoms with Gasteiger partial charge >= 0.3 is 11.9 Å². The van der Waals surface area contributed by atoms with Crippen LogP contribution in [0.3, 0.4) is 0 Å². The van der Waals surface area contributed by atoms with Crippen LogP contribution in [0.1, 0.15) is 59.1 Å². The Bertz CT molecular complexity index is 1190. The number of Topliss-reactive ketones (excluding diaryl/α,β-unsaturated/α-hetero) is 1. The maximum absolute atomic E-state index is 14.7. The van der Waals surface area contributed by atoms with Gasteiger partial charge in [0.1, 0.15) is 18.3 Å². The number of aliphatic hydroxyl groups is 4. The Hall–Kier alpha value is -2.57. The van der Waals surface area contributed by atoms with Crippen LogP contribution in [0, 0.1) is 22.2 Å². The van der Waals surface area contributed by atoms with Crippen LogP contribution in [-0.2, 0) is 28.6 Å². The zero-order chi connectivity index (χ0) is 29.3. The smallest absolute Gasteiger partial charge is 0.309 e. The molecule has 216 valence electrons. The molecule has 2 heterocycles. The van der Waals surface area contributed by atoms with Crippen molar-refractivity contribution in [1.29, 1.82) is 0 Å². The molecule has 1 aliphatic heterocycles. The Kier molecular flexibility index (Phi) is 7.18. The van der Waals surface area contributed by atoms with E-state index < -0.39 is 76.0 Å². The number of furan rings is 1. The first kappa shape index (κ1) is 29.4. The number of hydrogen-bond acceptors (Lipinski definition) is 11. The van der Waals surface area contributed by atoms with Crippen molar-refractivity contribution in [2.45, 2.75) is 83.6 Å². The molecule has 3 aliphatic rings. The molecule has 0 aromatic carbocycles. The number of esters is 2. The summed E-state index contributed by atoms with van der Waals surface area (Å²) >= 11 is 0. The fourth-order valence-corrected chi connectivity index (χ4v) is 7.49. The van der Waals surface area contributed by atoms with Gasteiger partial charge in [-0.05, 0) is 42.4 Å². The van der Waals surface area contributed by atoms with Crippen molar-refractivity contribution in [2.75, 3.05) is 14.2 Å². The molecule has 1 aromatic rings. The van der Waals surface area contributed by atoms with Crippen molar-refractivity contribution < 1.29 is 53.4 Å². The number of carbonyl (C=O) groups excluding carboxylic acids is 3. The average molecular weight is 551 g/mol. The molecule has 2 aliphatic carbocycles. The van der Waals surface area contributed by atoms with Crippen LogP contribution in [0.15, 0.2) is 34.2 Å². The fraction of sp³-hybridized carbons (Fsp3) is 0.679. The summed E-state index contributed by atoms with van der Waals surface area (Å²) in [7, 11) is 2.42. The van der Waals surface area contributed by atoms with E-state index in [1.165, 1.54) is 46.7 Å². The third-order valence-corrected chi connectivity index (χ3v) is 9.94.